The highest BCUT2D eigenvalue weighted by Gasteiger charge is 2.35. The van der Waals surface area contributed by atoms with Crippen LogP contribution < -0.4 is 5.73 Å². The molecule has 88 valence electrons. The first kappa shape index (κ1) is 11.2. The van der Waals surface area contributed by atoms with Gasteiger partial charge in [0.05, 0.1) is 6.10 Å². The van der Waals surface area contributed by atoms with Crippen molar-refractivity contribution in [1.82, 2.24) is 0 Å². The number of aliphatic hydroxyl groups excluding tert-OH is 1. The Labute approximate surface area is 94.3 Å². The zero-order valence-corrected chi connectivity index (χ0v) is 9.06. The van der Waals surface area contributed by atoms with Gasteiger partial charge in [-0.05, 0) is 31.7 Å². The molecule has 4 nitrogen and oxygen atoms in total. The standard InChI is InChI=1S/C12H17NO3/c13-12(6-4-8(14)5-7-12)9-2-1-3-10(15)11(9)16/h1-3,8,14-16H,4-7,13H2. The lowest BCUT2D eigenvalue weighted by Crippen LogP contribution is -2.41. The zero-order chi connectivity index (χ0) is 11.8. The fourth-order valence-corrected chi connectivity index (χ4v) is 2.32. The minimum atomic E-state index is -0.637. The van der Waals surface area contributed by atoms with E-state index >= 15 is 0 Å². The first-order valence-corrected chi connectivity index (χ1v) is 5.51. The molecule has 0 heterocycles. The quantitative estimate of drug-likeness (QED) is 0.538. The molecule has 0 aromatic heterocycles. The number of benzene rings is 1. The van der Waals surface area contributed by atoms with E-state index in [0.29, 0.717) is 31.2 Å². The van der Waals surface area contributed by atoms with E-state index in [9.17, 15) is 15.3 Å². The molecule has 1 aliphatic rings. The van der Waals surface area contributed by atoms with Crippen LogP contribution >= 0.6 is 0 Å². The number of rotatable bonds is 1. The van der Waals surface area contributed by atoms with E-state index in [1.807, 2.05) is 0 Å². The van der Waals surface area contributed by atoms with E-state index in [-0.39, 0.29) is 17.6 Å². The average molecular weight is 223 g/mol. The van der Waals surface area contributed by atoms with E-state index in [1.165, 1.54) is 6.07 Å². The van der Waals surface area contributed by atoms with Gasteiger partial charge in [0.25, 0.3) is 0 Å². The molecule has 0 bridgehead atoms. The summed E-state index contributed by atoms with van der Waals surface area (Å²) in [4.78, 5) is 0. The Balaban J connectivity index is 2.32. The summed E-state index contributed by atoms with van der Waals surface area (Å²) in [6, 6.07) is 4.83. The topological polar surface area (TPSA) is 86.7 Å². The third-order valence-corrected chi connectivity index (χ3v) is 3.40. The van der Waals surface area contributed by atoms with Crippen molar-refractivity contribution in [2.45, 2.75) is 37.3 Å². The smallest absolute Gasteiger partial charge is 0.162 e. The lowest BCUT2D eigenvalue weighted by molar-refractivity contribution is 0.0959. The summed E-state index contributed by atoms with van der Waals surface area (Å²) in [7, 11) is 0. The van der Waals surface area contributed by atoms with Gasteiger partial charge in [-0.3, -0.25) is 0 Å². The molecule has 0 atom stereocenters. The fourth-order valence-electron chi connectivity index (χ4n) is 2.32. The summed E-state index contributed by atoms with van der Waals surface area (Å²) in [5, 5.41) is 28.7. The normalized spacial score (nSPS) is 30.2. The third-order valence-electron chi connectivity index (χ3n) is 3.40. The predicted molar refractivity (Wildman–Crippen MR) is 60.1 cm³/mol. The van der Waals surface area contributed by atoms with Gasteiger partial charge < -0.3 is 21.1 Å². The van der Waals surface area contributed by atoms with Crippen LogP contribution in [0.1, 0.15) is 31.2 Å². The minimum absolute atomic E-state index is 0.138. The summed E-state index contributed by atoms with van der Waals surface area (Å²) < 4.78 is 0. The Bertz CT molecular complexity index is 384. The maximum Gasteiger partial charge on any atom is 0.162 e. The zero-order valence-electron chi connectivity index (χ0n) is 9.06. The van der Waals surface area contributed by atoms with Crippen molar-refractivity contribution in [2.24, 2.45) is 5.73 Å². The number of nitrogens with two attached hydrogens (primary N) is 1. The van der Waals surface area contributed by atoms with Gasteiger partial charge in [-0.25, -0.2) is 0 Å². The maximum absolute atomic E-state index is 9.79. The first-order valence-electron chi connectivity index (χ1n) is 5.51. The van der Waals surface area contributed by atoms with Crippen LogP contribution in [0.3, 0.4) is 0 Å². The van der Waals surface area contributed by atoms with Gasteiger partial charge >= 0.3 is 0 Å². The summed E-state index contributed by atoms with van der Waals surface area (Å²) in [5.74, 6) is -0.283. The van der Waals surface area contributed by atoms with E-state index in [2.05, 4.69) is 0 Å². The molecule has 1 fully saturated rings. The van der Waals surface area contributed by atoms with E-state index in [4.69, 9.17) is 5.73 Å². The van der Waals surface area contributed by atoms with E-state index in [0.717, 1.165) is 0 Å². The molecule has 1 aromatic rings. The summed E-state index contributed by atoms with van der Waals surface area (Å²) in [6.07, 6.45) is 2.20. The summed E-state index contributed by atoms with van der Waals surface area (Å²) in [6.45, 7) is 0. The van der Waals surface area contributed by atoms with Crippen LogP contribution in [-0.4, -0.2) is 21.4 Å². The maximum atomic E-state index is 9.79. The van der Waals surface area contributed by atoms with Crippen LogP contribution in [0.15, 0.2) is 18.2 Å². The number of phenolic OH excluding ortho intramolecular Hbond substituents is 2. The number of para-hydroxylation sites is 1. The second kappa shape index (κ2) is 3.96. The second-order valence-electron chi connectivity index (χ2n) is 4.56. The van der Waals surface area contributed by atoms with E-state index in [1.54, 1.807) is 12.1 Å². The monoisotopic (exact) mass is 223 g/mol. The van der Waals surface area contributed by atoms with Crippen LogP contribution in [0.5, 0.6) is 11.5 Å². The Morgan fingerprint density at radius 2 is 1.81 bits per heavy atom. The predicted octanol–water partition coefficient (Wildman–Crippen LogP) is 1.19. The molecule has 5 N–H and O–H groups in total. The number of aliphatic hydroxyl groups is 1. The molecular formula is C12H17NO3. The molecule has 0 radical (unpaired) electrons. The molecule has 0 aliphatic heterocycles. The molecule has 16 heavy (non-hydrogen) atoms. The largest absolute Gasteiger partial charge is 0.504 e. The van der Waals surface area contributed by atoms with Gasteiger partial charge in [-0.1, -0.05) is 12.1 Å². The molecule has 1 aromatic carbocycles. The molecule has 1 aliphatic carbocycles. The average Bonchev–Trinajstić information content (AvgIpc) is 2.27. The molecule has 0 saturated heterocycles. The van der Waals surface area contributed by atoms with Crippen molar-refractivity contribution in [3.8, 4) is 11.5 Å². The Morgan fingerprint density at radius 1 is 1.19 bits per heavy atom. The van der Waals surface area contributed by atoms with Crippen LogP contribution in [0.25, 0.3) is 0 Å². The van der Waals surface area contributed by atoms with Gasteiger partial charge in [0.2, 0.25) is 0 Å². The van der Waals surface area contributed by atoms with Gasteiger partial charge in [0.1, 0.15) is 0 Å². The van der Waals surface area contributed by atoms with Gasteiger partial charge in [0.15, 0.2) is 11.5 Å². The van der Waals surface area contributed by atoms with Crippen LogP contribution in [0, 0.1) is 0 Å². The van der Waals surface area contributed by atoms with Crippen molar-refractivity contribution in [1.29, 1.82) is 0 Å². The summed E-state index contributed by atoms with van der Waals surface area (Å²) >= 11 is 0. The van der Waals surface area contributed by atoms with E-state index < -0.39 is 5.54 Å². The lowest BCUT2D eigenvalue weighted by Gasteiger charge is -2.36. The SMILES string of the molecule is NC1(c2cccc(O)c2O)CCC(O)CC1. The molecular weight excluding hydrogens is 206 g/mol. The molecule has 1 saturated carbocycles. The minimum Gasteiger partial charge on any atom is -0.504 e. The van der Waals surface area contributed by atoms with Gasteiger partial charge in [-0.2, -0.15) is 0 Å². The van der Waals surface area contributed by atoms with Gasteiger partial charge in [0, 0.05) is 11.1 Å². The second-order valence-corrected chi connectivity index (χ2v) is 4.56. The first-order chi connectivity index (χ1) is 7.53. The highest BCUT2D eigenvalue weighted by Crippen LogP contribution is 2.41. The number of aromatic hydroxyl groups is 2. The highest BCUT2D eigenvalue weighted by atomic mass is 16.3. The number of hydrogen-bond donors (Lipinski definition) is 4. The molecule has 4 heteroatoms. The number of hydrogen-bond acceptors (Lipinski definition) is 4. The Hall–Kier alpha value is -1.26. The fraction of sp³-hybridized carbons (Fsp3) is 0.500. The lowest BCUT2D eigenvalue weighted by atomic mass is 9.76. The summed E-state index contributed by atoms with van der Waals surface area (Å²) in [5.41, 5.74) is 6.16. The molecule has 0 amide bonds. The Morgan fingerprint density at radius 3 is 2.44 bits per heavy atom. The van der Waals surface area contributed by atoms with Crippen molar-refractivity contribution in [2.75, 3.05) is 0 Å². The van der Waals surface area contributed by atoms with Crippen molar-refractivity contribution in [3.63, 3.8) is 0 Å². The van der Waals surface area contributed by atoms with Crippen molar-refractivity contribution < 1.29 is 15.3 Å². The highest BCUT2D eigenvalue weighted by molar-refractivity contribution is 5.47. The molecule has 0 unspecified atom stereocenters. The van der Waals surface area contributed by atoms with Crippen molar-refractivity contribution >= 4 is 0 Å². The molecule has 2 rings (SSSR count). The van der Waals surface area contributed by atoms with Crippen LogP contribution in [0.4, 0.5) is 0 Å². The third kappa shape index (κ3) is 1.86. The van der Waals surface area contributed by atoms with Crippen LogP contribution in [0.2, 0.25) is 0 Å². The number of phenols is 2. The van der Waals surface area contributed by atoms with Crippen LogP contribution in [-0.2, 0) is 5.54 Å². The van der Waals surface area contributed by atoms with Crippen molar-refractivity contribution in [3.05, 3.63) is 23.8 Å². The molecule has 0 spiro atoms. The Kier molecular flexibility index (Phi) is 2.78. The van der Waals surface area contributed by atoms with Gasteiger partial charge in [-0.15, -0.1) is 0 Å².